The minimum Gasteiger partial charge on any atom is -0.353 e. The molecule has 1 atom stereocenters. The van der Waals surface area contributed by atoms with Gasteiger partial charge in [-0.15, -0.1) is 11.6 Å². The number of alkyl halides is 1. The summed E-state index contributed by atoms with van der Waals surface area (Å²) in [5.74, 6) is 0.635. The van der Waals surface area contributed by atoms with E-state index < -0.39 is 5.41 Å². The van der Waals surface area contributed by atoms with Crippen LogP contribution in [0.4, 0.5) is 0 Å². The average molecular weight is 268 g/mol. The third-order valence-corrected chi connectivity index (χ3v) is 3.57. The summed E-state index contributed by atoms with van der Waals surface area (Å²) >= 11 is 5.74. The molecule has 0 fully saturated rings. The van der Waals surface area contributed by atoms with Gasteiger partial charge >= 0.3 is 0 Å². The largest absolute Gasteiger partial charge is 0.353 e. The lowest BCUT2D eigenvalue weighted by atomic mass is 9.83. The molecule has 1 aromatic carbocycles. The summed E-state index contributed by atoms with van der Waals surface area (Å²) in [5.41, 5.74) is 0.518. The van der Waals surface area contributed by atoms with E-state index in [4.69, 9.17) is 11.6 Å². The second kappa shape index (κ2) is 6.79. The van der Waals surface area contributed by atoms with Crippen molar-refractivity contribution in [1.82, 2.24) is 5.32 Å². The third kappa shape index (κ3) is 3.74. The summed E-state index contributed by atoms with van der Waals surface area (Å²) < 4.78 is 0. The molecule has 2 nitrogen and oxygen atoms in total. The van der Waals surface area contributed by atoms with Crippen molar-refractivity contribution in [3.8, 4) is 0 Å². The van der Waals surface area contributed by atoms with Gasteiger partial charge in [-0.3, -0.25) is 4.79 Å². The van der Waals surface area contributed by atoms with Crippen LogP contribution in [-0.2, 0) is 10.2 Å². The van der Waals surface area contributed by atoms with Gasteiger partial charge in [-0.1, -0.05) is 37.3 Å². The van der Waals surface area contributed by atoms with Gasteiger partial charge in [0.15, 0.2) is 0 Å². The van der Waals surface area contributed by atoms with E-state index in [1.165, 1.54) is 0 Å². The van der Waals surface area contributed by atoms with Crippen LogP contribution in [-0.4, -0.2) is 17.8 Å². The first-order valence-electron chi connectivity index (χ1n) is 6.44. The van der Waals surface area contributed by atoms with Crippen molar-refractivity contribution >= 4 is 17.5 Å². The molecule has 1 aromatic rings. The van der Waals surface area contributed by atoms with Crippen LogP contribution in [0.25, 0.3) is 0 Å². The second-order valence-corrected chi connectivity index (χ2v) is 5.43. The van der Waals surface area contributed by atoms with Crippen LogP contribution < -0.4 is 5.32 Å². The highest BCUT2D eigenvalue weighted by Gasteiger charge is 2.30. The highest BCUT2D eigenvalue weighted by Crippen LogP contribution is 2.23. The summed E-state index contributed by atoms with van der Waals surface area (Å²) in [5, 5.41) is 3.08. The number of nitrogens with one attached hydrogen (secondary N) is 1. The van der Waals surface area contributed by atoms with Crippen molar-refractivity contribution < 1.29 is 4.79 Å². The quantitative estimate of drug-likeness (QED) is 0.786. The van der Waals surface area contributed by atoms with Crippen LogP contribution >= 0.6 is 11.6 Å². The Morgan fingerprint density at radius 3 is 2.44 bits per heavy atom. The van der Waals surface area contributed by atoms with E-state index in [0.717, 1.165) is 18.4 Å². The Hall–Kier alpha value is -1.02. The van der Waals surface area contributed by atoms with E-state index >= 15 is 0 Å². The van der Waals surface area contributed by atoms with Crippen LogP contribution in [0.2, 0.25) is 0 Å². The average Bonchev–Trinajstić information content (AvgIpc) is 2.39. The molecule has 0 spiro atoms. The molecule has 0 bridgehead atoms. The number of halogens is 1. The number of hydrogen-bond donors (Lipinski definition) is 1. The van der Waals surface area contributed by atoms with Crippen molar-refractivity contribution in [2.75, 3.05) is 5.88 Å². The fraction of sp³-hybridized carbons (Fsp3) is 0.533. The highest BCUT2D eigenvalue weighted by molar-refractivity contribution is 6.17. The SMILES string of the molecule is CCC(CCCl)NC(=O)C(C)(C)c1ccccc1. The van der Waals surface area contributed by atoms with Gasteiger partial charge in [0.05, 0.1) is 5.41 Å². The molecule has 0 saturated heterocycles. The Balaban J connectivity index is 2.76. The molecule has 0 aliphatic heterocycles. The molecule has 0 aliphatic carbocycles. The zero-order valence-electron chi connectivity index (χ0n) is 11.4. The number of carbonyl (C=O) groups is 1. The second-order valence-electron chi connectivity index (χ2n) is 5.05. The maximum Gasteiger partial charge on any atom is 0.230 e. The Morgan fingerprint density at radius 2 is 1.94 bits per heavy atom. The number of rotatable bonds is 6. The summed E-state index contributed by atoms with van der Waals surface area (Å²) in [6.45, 7) is 5.96. The standard InChI is InChI=1S/C15H22ClNO/c1-4-13(10-11-16)17-14(18)15(2,3)12-8-6-5-7-9-12/h5-9,13H,4,10-11H2,1-3H3,(H,17,18). The molecule has 0 radical (unpaired) electrons. The lowest BCUT2D eigenvalue weighted by molar-refractivity contribution is -0.126. The predicted molar refractivity (Wildman–Crippen MR) is 77.0 cm³/mol. The zero-order valence-corrected chi connectivity index (χ0v) is 12.1. The van der Waals surface area contributed by atoms with E-state index in [1.54, 1.807) is 0 Å². The van der Waals surface area contributed by atoms with E-state index in [9.17, 15) is 4.79 Å². The maximum absolute atomic E-state index is 12.4. The van der Waals surface area contributed by atoms with Crippen molar-refractivity contribution in [2.45, 2.75) is 45.1 Å². The lowest BCUT2D eigenvalue weighted by Gasteiger charge is -2.27. The lowest BCUT2D eigenvalue weighted by Crippen LogP contribution is -2.45. The molecule has 0 aliphatic rings. The first-order valence-corrected chi connectivity index (χ1v) is 6.98. The van der Waals surface area contributed by atoms with Crippen LogP contribution in [0.5, 0.6) is 0 Å². The van der Waals surface area contributed by atoms with Crippen molar-refractivity contribution in [3.05, 3.63) is 35.9 Å². The fourth-order valence-corrected chi connectivity index (χ4v) is 2.13. The van der Waals surface area contributed by atoms with Crippen LogP contribution in [0, 0.1) is 0 Å². The molecular formula is C15H22ClNO. The van der Waals surface area contributed by atoms with Crippen LogP contribution in [0.1, 0.15) is 39.2 Å². The molecular weight excluding hydrogens is 246 g/mol. The van der Waals surface area contributed by atoms with Crippen LogP contribution in [0.15, 0.2) is 30.3 Å². The monoisotopic (exact) mass is 267 g/mol. The van der Waals surface area contributed by atoms with Gasteiger partial charge < -0.3 is 5.32 Å². The first-order chi connectivity index (χ1) is 8.52. The highest BCUT2D eigenvalue weighted by atomic mass is 35.5. The van der Waals surface area contributed by atoms with Gasteiger partial charge in [-0.25, -0.2) is 0 Å². The molecule has 3 heteroatoms. The van der Waals surface area contributed by atoms with Crippen molar-refractivity contribution in [1.29, 1.82) is 0 Å². The molecule has 1 rings (SSSR count). The molecule has 0 saturated carbocycles. The van der Waals surface area contributed by atoms with E-state index in [-0.39, 0.29) is 11.9 Å². The smallest absolute Gasteiger partial charge is 0.230 e. The fourth-order valence-electron chi connectivity index (χ4n) is 1.86. The van der Waals surface area contributed by atoms with Crippen LogP contribution in [0.3, 0.4) is 0 Å². The molecule has 1 unspecified atom stereocenters. The number of hydrogen-bond acceptors (Lipinski definition) is 1. The molecule has 1 N–H and O–H groups in total. The molecule has 100 valence electrons. The summed E-state index contributed by atoms with van der Waals surface area (Å²) in [6.07, 6.45) is 1.72. The number of amides is 1. The first kappa shape index (κ1) is 15.0. The topological polar surface area (TPSA) is 29.1 Å². The molecule has 18 heavy (non-hydrogen) atoms. The van der Waals surface area contributed by atoms with Gasteiger partial charge in [0.2, 0.25) is 5.91 Å². The van der Waals surface area contributed by atoms with Gasteiger partial charge in [-0.05, 0) is 32.3 Å². The van der Waals surface area contributed by atoms with E-state index in [2.05, 4.69) is 12.2 Å². The van der Waals surface area contributed by atoms with Gasteiger partial charge in [0, 0.05) is 11.9 Å². The minimum atomic E-state index is -0.513. The minimum absolute atomic E-state index is 0.0608. The number of carbonyl (C=O) groups excluding carboxylic acids is 1. The Labute approximate surface area is 115 Å². The van der Waals surface area contributed by atoms with Crippen molar-refractivity contribution in [2.24, 2.45) is 0 Å². The van der Waals surface area contributed by atoms with Gasteiger partial charge in [-0.2, -0.15) is 0 Å². The third-order valence-electron chi connectivity index (χ3n) is 3.35. The number of benzene rings is 1. The molecule has 0 aromatic heterocycles. The molecule has 0 heterocycles. The Morgan fingerprint density at radius 1 is 1.33 bits per heavy atom. The van der Waals surface area contributed by atoms with Gasteiger partial charge in [0.1, 0.15) is 0 Å². The predicted octanol–water partition coefficient (Wildman–Crippen LogP) is 3.49. The zero-order chi connectivity index (χ0) is 13.6. The van der Waals surface area contributed by atoms with Crippen molar-refractivity contribution in [3.63, 3.8) is 0 Å². The van der Waals surface area contributed by atoms with E-state index in [1.807, 2.05) is 44.2 Å². The van der Waals surface area contributed by atoms with Gasteiger partial charge in [0.25, 0.3) is 0 Å². The summed E-state index contributed by atoms with van der Waals surface area (Å²) in [6, 6.07) is 10.0. The normalized spacial score (nSPS) is 13.1. The molecule has 1 amide bonds. The summed E-state index contributed by atoms with van der Waals surface area (Å²) in [4.78, 5) is 12.4. The Bertz CT molecular complexity index is 375. The summed E-state index contributed by atoms with van der Waals surface area (Å²) in [7, 11) is 0. The van der Waals surface area contributed by atoms with E-state index in [0.29, 0.717) is 5.88 Å². The maximum atomic E-state index is 12.4. The Kier molecular flexibility index (Phi) is 5.67.